The molecule has 1 aliphatic rings. The second-order valence-electron chi connectivity index (χ2n) is 4.92. The van der Waals surface area contributed by atoms with E-state index < -0.39 is 0 Å². The Morgan fingerprint density at radius 2 is 2.00 bits per heavy atom. The lowest BCUT2D eigenvalue weighted by Gasteiger charge is -2.10. The molecule has 0 unspecified atom stereocenters. The zero-order valence-corrected chi connectivity index (χ0v) is 11.5. The van der Waals surface area contributed by atoms with E-state index in [4.69, 9.17) is 16.6 Å². The van der Waals surface area contributed by atoms with Gasteiger partial charge in [-0.3, -0.25) is 4.68 Å². The molecule has 5 heteroatoms. The summed E-state index contributed by atoms with van der Waals surface area (Å²) < 4.78 is 1.84. The number of halogens is 1. The largest absolute Gasteiger partial charge is 0.266 e. The molecule has 0 aliphatic heterocycles. The van der Waals surface area contributed by atoms with Gasteiger partial charge in [0.05, 0.1) is 17.6 Å². The molecule has 0 spiro atoms. The average Bonchev–Trinajstić information content (AvgIpc) is 3.11. The lowest BCUT2D eigenvalue weighted by molar-refractivity contribution is 0.769. The van der Waals surface area contributed by atoms with Crippen LogP contribution in [0.15, 0.2) is 6.20 Å². The van der Waals surface area contributed by atoms with Crippen LogP contribution >= 0.6 is 11.6 Å². The maximum absolute atomic E-state index is 6.23. The summed E-state index contributed by atoms with van der Waals surface area (Å²) in [7, 11) is 1.93. The Bertz CT molecular complexity index is 594. The van der Waals surface area contributed by atoms with Gasteiger partial charge in [0, 0.05) is 18.5 Å². The van der Waals surface area contributed by atoms with Crippen LogP contribution in [0.25, 0.3) is 11.4 Å². The molecule has 4 nitrogen and oxygen atoms in total. The van der Waals surface area contributed by atoms with Crippen LogP contribution in [0.4, 0.5) is 0 Å². The van der Waals surface area contributed by atoms with Gasteiger partial charge in [0.15, 0.2) is 0 Å². The molecule has 1 fully saturated rings. The van der Waals surface area contributed by atoms with Gasteiger partial charge in [-0.25, -0.2) is 9.97 Å². The molecule has 94 valence electrons. The predicted octanol–water partition coefficient (Wildman–Crippen LogP) is 3.02. The number of rotatable bonds is 2. The molecule has 0 radical (unpaired) electrons. The third kappa shape index (κ3) is 1.81. The average molecular weight is 263 g/mol. The molecule has 0 saturated heterocycles. The fourth-order valence-electron chi connectivity index (χ4n) is 2.15. The van der Waals surface area contributed by atoms with Crippen molar-refractivity contribution in [3.63, 3.8) is 0 Å². The maximum atomic E-state index is 6.23. The first kappa shape index (κ1) is 11.7. The van der Waals surface area contributed by atoms with E-state index in [9.17, 15) is 0 Å². The van der Waals surface area contributed by atoms with Gasteiger partial charge in [-0.1, -0.05) is 11.6 Å². The summed E-state index contributed by atoms with van der Waals surface area (Å²) in [6, 6.07) is 0. The van der Waals surface area contributed by atoms with Crippen molar-refractivity contribution in [3.8, 4) is 11.4 Å². The van der Waals surface area contributed by atoms with Crippen molar-refractivity contribution in [3.05, 3.63) is 28.3 Å². The van der Waals surface area contributed by atoms with E-state index in [0.29, 0.717) is 11.1 Å². The summed E-state index contributed by atoms with van der Waals surface area (Å²) in [5, 5.41) is 4.82. The molecule has 1 aliphatic carbocycles. The molecule has 0 atom stereocenters. The summed E-state index contributed by atoms with van der Waals surface area (Å²) in [6.45, 7) is 4.00. The normalized spacial score (nSPS) is 15.1. The van der Waals surface area contributed by atoms with E-state index in [0.717, 1.165) is 28.3 Å². The SMILES string of the molecule is Cc1cnn(C)c1-c1nc(C2CC2)nc(Cl)c1C. The predicted molar refractivity (Wildman–Crippen MR) is 70.7 cm³/mol. The highest BCUT2D eigenvalue weighted by Crippen LogP contribution is 2.40. The Morgan fingerprint density at radius 1 is 1.28 bits per heavy atom. The van der Waals surface area contributed by atoms with Gasteiger partial charge in [0.1, 0.15) is 11.0 Å². The van der Waals surface area contributed by atoms with E-state index in [1.54, 1.807) is 0 Å². The Kier molecular flexibility index (Phi) is 2.63. The summed E-state index contributed by atoms with van der Waals surface area (Å²) in [5.74, 6) is 1.37. The van der Waals surface area contributed by atoms with Gasteiger partial charge in [-0.05, 0) is 32.3 Å². The molecule has 2 heterocycles. The highest BCUT2D eigenvalue weighted by atomic mass is 35.5. The van der Waals surface area contributed by atoms with Crippen molar-refractivity contribution in [2.75, 3.05) is 0 Å². The first-order valence-corrected chi connectivity index (χ1v) is 6.48. The zero-order valence-electron chi connectivity index (χ0n) is 10.7. The molecule has 0 bridgehead atoms. The smallest absolute Gasteiger partial charge is 0.136 e. The summed E-state index contributed by atoms with van der Waals surface area (Å²) >= 11 is 6.23. The van der Waals surface area contributed by atoms with Gasteiger partial charge in [0.25, 0.3) is 0 Å². The Labute approximate surface area is 111 Å². The Balaban J connectivity index is 2.21. The monoisotopic (exact) mass is 262 g/mol. The van der Waals surface area contributed by atoms with Crippen LogP contribution in [0.3, 0.4) is 0 Å². The van der Waals surface area contributed by atoms with Gasteiger partial charge in [0.2, 0.25) is 0 Å². The molecule has 1 saturated carbocycles. The standard InChI is InChI=1S/C13H15ClN4/c1-7-6-15-18(3)11(7)10-8(2)12(14)17-13(16-10)9-4-5-9/h6,9H,4-5H2,1-3H3. The van der Waals surface area contributed by atoms with Crippen LogP contribution < -0.4 is 0 Å². The lowest BCUT2D eigenvalue weighted by Crippen LogP contribution is -2.03. The second-order valence-corrected chi connectivity index (χ2v) is 5.28. The lowest BCUT2D eigenvalue weighted by atomic mass is 10.1. The summed E-state index contributed by atoms with van der Waals surface area (Å²) in [6.07, 6.45) is 4.19. The van der Waals surface area contributed by atoms with Crippen molar-refractivity contribution in [2.45, 2.75) is 32.6 Å². The Hall–Kier alpha value is -1.42. The van der Waals surface area contributed by atoms with Crippen molar-refractivity contribution >= 4 is 11.6 Å². The quantitative estimate of drug-likeness (QED) is 0.782. The fraction of sp³-hybridized carbons (Fsp3) is 0.462. The van der Waals surface area contributed by atoms with Crippen LogP contribution in [-0.4, -0.2) is 19.7 Å². The topological polar surface area (TPSA) is 43.6 Å². The molecule has 2 aromatic heterocycles. The van der Waals surface area contributed by atoms with Crippen molar-refractivity contribution in [1.29, 1.82) is 0 Å². The molecule has 0 amide bonds. The highest BCUT2D eigenvalue weighted by Gasteiger charge is 2.28. The number of aromatic nitrogens is 4. The van der Waals surface area contributed by atoms with Crippen molar-refractivity contribution in [2.24, 2.45) is 7.05 Å². The number of nitrogens with zero attached hydrogens (tertiary/aromatic N) is 4. The van der Waals surface area contributed by atoms with E-state index >= 15 is 0 Å². The third-order valence-corrected chi connectivity index (χ3v) is 3.76. The number of aryl methyl sites for hydroxylation is 2. The van der Waals surface area contributed by atoms with Gasteiger partial charge < -0.3 is 0 Å². The van der Waals surface area contributed by atoms with Crippen LogP contribution in [0.5, 0.6) is 0 Å². The summed E-state index contributed by atoms with van der Waals surface area (Å²) in [4.78, 5) is 9.09. The molecule has 18 heavy (non-hydrogen) atoms. The van der Waals surface area contributed by atoms with Crippen LogP contribution in [-0.2, 0) is 7.05 Å². The van der Waals surface area contributed by atoms with Crippen LogP contribution in [0.2, 0.25) is 5.15 Å². The Morgan fingerprint density at radius 3 is 2.56 bits per heavy atom. The van der Waals surface area contributed by atoms with Crippen LogP contribution in [0.1, 0.15) is 35.7 Å². The number of hydrogen-bond acceptors (Lipinski definition) is 3. The molecule has 0 N–H and O–H groups in total. The number of hydrogen-bond donors (Lipinski definition) is 0. The van der Waals surface area contributed by atoms with Crippen LogP contribution in [0, 0.1) is 13.8 Å². The summed E-state index contributed by atoms with van der Waals surface area (Å²) in [5.41, 5.74) is 3.97. The molecular weight excluding hydrogens is 248 g/mol. The molecule has 0 aromatic carbocycles. The van der Waals surface area contributed by atoms with E-state index in [1.165, 1.54) is 12.8 Å². The first-order chi connectivity index (χ1) is 8.58. The van der Waals surface area contributed by atoms with Crippen molar-refractivity contribution < 1.29 is 0 Å². The fourth-order valence-corrected chi connectivity index (χ4v) is 2.32. The molecule has 3 rings (SSSR count). The first-order valence-electron chi connectivity index (χ1n) is 6.11. The highest BCUT2D eigenvalue weighted by molar-refractivity contribution is 6.30. The van der Waals surface area contributed by atoms with Gasteiger partial charge in [-0.2, -0.15) is 5.10 Å². The minimum Gasteiger partial charge on any atom is -0.266 e. The third-order valence-electron chi connectivity index (χ3n) is 3.39. The second kappa shape index (κ2) is 4.05. The van der Waals surface area contributed by atoms with E-state index in [-0.39, 0.29) is 0 Å². The van der Waals surface area contributed by atoms with E-state index in [1.807, 2.05) is 31.8 Å². The van der Waals surface area contributed by atoms with E-state index in [2.05, 4.69) is 10.1 Å². The minimum absolute atomic E-state index is 0.496. The van der Waals surface area contributed by atoms with Gasteiger partial charge in [-0.15, -0.1) is 0 Å². The maximum Gasteiger partial charge on any atom is 0.136 e. The van der Waals surface area contributed by atoms with Crippen molar-refractivity contribution in [1.82, 2.24) is 19.7 Å². The minimum atomic E-state index is 0.496. The molecular formula is C13H15ClN4. The van der Waals surface area contributed by atoms with Gasteiger partial charge >= 0.3 is 0 Å². The molecule has 2 aromatic rings. The zero-order chi connectivity index (χ0) is 12.9.